The highest BCUT2D eigenvalue weighted by Gasteiger charge is 2.39. The van der Waals surface area contributed by atoms with E-state index in [1.165, 1.54) is 12.3 Å². The number of sulfonamides is 1. The van der Waals surface area contributed by atoms with Crippen LogP contribution in [0.3, 0.4) is 0 Å². The summed E-state index contributed by atoms with van der Waals surface area (Å²) in [6, 6.07) is 0. The van der Waals surface area contributed by atoms with E-state index < -0.39 is 51.6 Å². The van der Waals surface area contributed by atoms with Crippen molar-refractivity contribution in [1.82, 2.24) is 4.31 Å². The summed E-state index contributed by atoms with van der Waals surface area (Å²) in [5.41, 5.74) is 0.0440. The van der Waals surface area contributed by atoms with E-state index in [0.29, 0.717) is 11.3 Å². The van der Waals surface area contributed by atoms with E-state index in [1.54, 1.807) is 0 Å². The lowest BCUT2D eigenvalue weighted by molar-refractivity contribution is -0.136. The lowest BCUT2D eigenvalue weighted by Gasteiger charge is -2.22. The summed E-state index contributed by atoms with van der Waals surface area (Å²) in [5.74, 6) is -1.54. The molecule has 0 aromatic carbocycles. The molecular formula is C10H12F3NO5S2. The quantitative estimate of drug-likeness (QED) is 0.809. The number of aromatic carboxylic acids is 1. The summed E-state index contributed by atoms with van der Waals surface area (Å²) < 4.78 is 61.9. The largest absolute Gasteiger partial charge is 0.477 e. The standard InChI is InChI=1S/C10H12F3NO5S2/c1-6-4-20-7(9(16)17)8(6)21(18,19)14(2-3-15)5-10(11,12)13/h4,15H,2-3,5H2,1H3,(H,16,17). The number of halogens is 3. The molecule has 21 heavy (non-hydrogen) atoms. The van der Waals surface area contributed by atoms with Gasteiger partial charge in [-0.3, -0.25) is 0 Å². The Morgan fingerprint density at radius 2 is 2.00 bits per heavy atom. The van der Waals surface area contributed by atoms with Crippen LogP contribution in [0.25, 0.3) is 0 Å². The summed E-state index contributed by atoms with van der Waals surface area (Å²) in [7, 11) is -4.68. The first kappa shape index (κ1) is 17.9. The SMILES string of the molecule is Cc1csc(C(=O)O)c1S(=O)(=O)N(CCO)CC(F)(F)F. The van der Waals surface area contributed by atoms with E-state index >= 15 is 0 Å². The van der Waals surface area contributed by atoms with Crippen molar-refractivity contribution in [2.24, 2.45) is 0 Å². The summed E-state index contributed by atoms with van der Waals surface area (Å²) >= 11 is 0.615. The second-order valence-electron chi connectivity index (χ2n) is 4.06. The van der Waals surface area contributed by atoms with Crippen molar-refractivity contribution in [3.63, 3.8) is 0 Å². The molecule has 6 nitrogen and oxygen atoms in total. The molecule has 120 valence electrons. The number of rotatable bonds is 6. The van der Waals surface area contributed by atoms with Crippen LogP contribution in [0.15, 0.2) is 10.3 Å². The molecule has 0 aliphatic rings. The van der Waals surface area contributed by atoms with Crippen molar-refractivity contribution in [3.05, 3.63) is 15.8 Å². The highest BCUT2D eigenvalue weighted by Crippen LogP contribution is 2.31. The predicted molar refractivity (Wildman–Crippen MR) is 67.9 cm³/mol. The van der Waals surface area contributed by atoms with Gasteiger partial charge in [-0.05, 0) is 17.9 Å². The Morgan fingerprint density at radius 3 is 2.43 bits per heavy atom. The Bertz CT molecular complexity index is 623. The molecule has 0 aliphatic heterocycles. The molecule has 0 fully saturated rings. The number of alkyl halides is 3. The molecule has 0 spiro atoms. The first-order valence-electron chi connectivity index (χ1n) is 5.50. The maximum absolute atomic E-state index is 12.5. The number of thiophene rings is 1. The van der Waals surface area contributed by atoms with Gasteiger partial charge in [-0.15, -0.1) is 11.3 Å². The van der Waals surface area contributed by atoms with E-state index in [4.69, 9.17) is 10.2 Å². The van der Waals surface area contributed by atoms with Crippen LogP contribution in [0.5, 0.6) is 0 Å². The zero-order chi connectivity index (χ0) is 16.4. The van der Waals surface area contributed by atoms with Gasteiger partial charge in [0.2, 0.25) is 10.0 Å². The molecule has 0 saturated heterocycles. The molecule has 0 unspecified atom stereocenters. The minimum atomic E-state index is -4.81. The predicted octanol–water partition coefficient (Wildman–Crippen LogP) is 1.30. The number of carbonyl (C=O) groups is 1. The van der Waals surface area contributed by atoms with Crippen LogP contribution in [0, 0.1) is 6.92 Å². The van der Waals surface area contributed by atoms with Gasteiger partial charge in [0.15, 0.2) is 0 Å². The second-order valence-corrected chi connectivity index (χ2v) is 6.81. The first-order chi connectivity index (χ1) is 9.50. The maximum Gasteiger partial charge on any atom is 0.402 e. The monoisotopic (exact) mass is 347 g/mol. The molecule has 1 heterocycles. The fourth-order valence-electron chi connectivity index (χ4n) is 1.63. The number of aryl methyl sites for hydroxylation is 1. The lowest BCUT2D eigenvalue weighted by Crippen LogP contribution is -2.41. The van der Waals surface area contributed by atoms with E-state index in [9.17, 15) is 26.4 Å². The summed E-state index contributed by atoms with van der Waals surface area (Å²) in [6.45, 7) is -2.11. The maximum atomic E-state index is 12.5. The molecule has 0 aliphatic carbocycles. The van der Waals surface area contributed by atoms with E-state index in [2.05, 4.69) is 0 Å². The third-order valence-electron chi connectivity index (χ3n) is 2.42. The Balaban J connectivity index is 3.36. The number of aliphatic hydroxyl groups is 1. The molecule has 1 aromatic rings. The van der Waals surface area contributed by atoms with Gasteiger partial charge >= 0.3 is 12.1 Å². The van der Waals surface area contributed by atoms with Gasteiger partial charge in [-0.25, -0.2) is 13.2 Å². The third-order valence-corrected chi connectivity index (χ3v) is 5.66. The summed E-state index contributed by atoms with van der Waals surface area (Å²) in [6.07, 6.45) is -4.81. The molecule has 11 heteroatoms. The van der Waals surface area contributed by atoms with Crippen LogP contribution in [0.2, 0.25) is 0 Å². The van der Waals surface area contributed by atoms with Crippen molar-refractivity contribution >= 4 is 27.3 Å². The van der Waals surface area contributed by atoms with Crippen molar-refractivity contribution in [1.29, 1.82) is 0 Å². The molecule has 0 atom stereocenters. The second kappa shape index (κ2) is 6.30. The fourth-order valence-corrected chi connectivity index (χ4v) is 4.63. The highest BCUT2D eigenvalue weighted by atomic mass is 32.2. The third kappa shape index (κ3) is 4.15. The average molecular weight is 347 g/mol. The molecule has 1 aromatic heterocycles. The zero-order valence-corrected chi connectivity index (χ0v) is 12.3. The molecule has 2 N–H and O–H groups in total. The highest BCUT2D eigenvalue weighted by molar-refractivity contribution is 7.89. The summed E-state index contributed by atoms with van der Waals surface area (Å²) in [4.78, 5) is 9.78. The minimum absolute atomic E-state index is 0.0223. The Labute approximate surface area is 122 Å². The van der Waals surface area contributed by atoms with Gasteiger partial charge in [0.25, 0.3) is 0 Å². The molecular weight excluding hydrogens is 335 g/mol. The van der Waals surface area contributed by atoms with Crippen LogP contribution in [-0.4, -0.2) is 54.8 Å². The Hall–Kier alpha value is -1.17. The van der Waals surface area contributed by atoms with Gasteiger partial charge in [0.05, 0.1) is 6.61 Å². The molecule has 0 saturated carbocycles. The normalized spacial score (nSPS) is 12.9. The molecule has 0 bridgehead atoms. The van der Waals surface area contributed by atoms with Gasteiger partial charge < -0.3 is 10.2 Å². The van der Waals surface area contributed by atoms with Crippen molar-refractivity contribution in [2.75, 3.05) is 19.7 Å². The first-order valence-corrected chi connectivity index (χ1v) is 7.82. The van der Waals surface area contributed by atoms with Crippen LogP contribution >= 0.6 is 11.3 Å². The smallest absolute Gasteiger partial charge is 0.402 e. The number of aliphatic hydroxyl groups excluding tert-OH is 1. The molecule has 0 radical (unpaired) electrons. The molecule has 1 rings (SSSR count). The average Bonchev–Trinajstić information content (AvgIpc) is 2.69. The van der Waals surface area contributed by atoms with Gasteiger partial charge in [0, 0.05) is 6.54 Å². The van der Waals surface area contributed by atoms with Crippen LogP contribution in [0.1, 0.15) is 15.2 Å². The van der Waals surface area contributed by atoms with E-state index in [0.717, 1.165) is 0 Å². The summed E-state index contributed by atoms with van der Waals surface area (Å²) in [5, 5.41) is 18.9. The topological polar surface area (TPSA) is 94.9 Å². The van der Waals surface area contributed by atoms with Gasteiger partial charge in [0.1, 0.15) is 16.3 Å². The number of carboxylic acids is 1. The van der Waals surface area contributed by atoms with Crippen LogP contribution in [0.4, 0.5) is 13.2 Å². The zero-order valence-electron chi connectivity index (χ0n) is 10.7. The van der Waals surface area contributed by atoms with Crippen molar-refractivity contribution in [2.45, 2.75) is 18.0 Å². The number of carboxylic acid groups (broad SMARTS) is 1. The fraction of sp³-hybridized carbons (Fsp3) is 0.500. The lowest BCUT2D eigenvalue weighted by atomic mass is 10.3. The number of hydrogen-bond donors (Lipinski definition) is 2. The van der Waals surface area contributed by atoms with Crippen molar-refractivity contribution < 1.29 is 36.6 Å². The number of nitrogens with zero attached hydrogens (tertiary/aromatic N) is 1. The van der Waals surface area contributed by atoms with Crippen LogP contribution in [-0.2, 0) is 10.0 Å². The Morgan fingerprint density at radius 1 is 1.43 bits per heavy atom. The Kier molecular flexibility index (Phi) is 5.36. The van der Waals surface area contributed by atoms with Gasteiger partial charge in [-0.2, -0.15) is 17.5 Å². The van der Waals surface area contributed by atoms with Crippen molar-refractivity contribution in [3.8, 4) is 0 Å². The molecule has 0 amide bonds. The van der Waals surface area contributed by atoms with E-state index in [1.807, 2.05) is 0 Å². The minimum Gasteiger partial charge on any atom is -0.477 e. The van der Waals surface area contributed by atoms with Crippen LogP contribution < -0.4 is 0 Å². The van der Waals surface area contributed by atoms with E-state index in [-0.39, 0.29) is 9.87 Å². The number of hydrogen-bond acceptors (Lipinski definition) is 5. The van der Waals surface area contributed by atoms with Gasteiger partial charge in [-0.1, -0.05) is 0 Å².